The number of likely N-dealkylation sites (tertiary alicyclic amines) is 1. The molecule has 1 amide bonds. The second kappa shape index (κ2) is 9.22. The van der Waals surface area contributed by atoms with Gasteiger partial charge in [-0.1, -0.05) is 44.2 Å². The predicted octanol–water partition coefficient (Wildman–Crippen LogP) is 3.26. The van der Waals surface area contributed by atoms with Crippen LogP contribution in [0.4, 0.5) is 5.69 Å². The van der Waals surface area contributed by atoms with Crippen molar-refractivity contribution in [3.05, 3.63) is 59.2 Å². The normalized spacial score (nSPS) is 22.1. The van der Waals surface area contributed by atoms with Crippen LogP contribution in [0.5, 0.6) is 5.75 Å². The molecule has 2 aliphatic heterocycles. The van der Waals surface area contributed by atoms with Crippen LogP contribution in [0.3, 0.4) is 0 Å². The molecule has 2 aliphatic rings. The summed E-state index contributed by atoms with van der Waals surface area (Å²) < 4.78 is 5.48. The smallest absolute Gasteiger partial charge is 0.229 e. The number of carbonyl (C=O) groups excluding carboxylic acids is 1. The molecule has 2 aromatic rings. The van der Waals surface area contributed by atoms with Gasteiger partial charge < -0.3 is 19.8 Å². The lowest BCUT2D eigenvalue weighted by atomic mass is 9.85. The molecule has 1 saturated heterocycles. The zero-order chi connectivity index (χ0) is 22.9. The Kier molecular flexibility index (Phi) is 6.56. The van der Waals surface area contributed by atoms with Gasteiger partial charge >= 0.3 is 0 Å². The van der Waals surface area contributed by atoms with Gasteiger partial charge in [-0.3, -0.25) is 9.69 Å². The van der Waals surface area contributed by atoms with E-state index >= 15 is 0 Å². The first-order chi connectivity index (χ1) is 15.3. The lowest BCUT2D eigenvalue weighted by Gasteiger charge is -2.40. The quantitative estimate of drug-likeness (QED) is 0.724. The Labute approximate surface area is 190 Å². The van der Waals surface area contributed by atoms with E-state index < -0.39 is 11.7 Å². The van der Waals surface area contributed by atoms with Crippen molar-refractivity contribution >= 4 is 11.6 Å². The van der Waals surface area contributed by atoms with Gasteiger partial charge in [-0.2, -0.15) is 0 Å². The van der Waals surface area contributed by atoms with E-state index in [0.29, 0.717) is 31.8 Å². The van der Waals surface area contributed by atoms with Crippen LogP contribution in [0.2, 0.25) is 0 Å². The third-order valence-corrected chi connectivity index (χ3v) is 6.73. The van der Waals surface area contributed by atoms with Gasteiger partial charge in [0.25, 0.3) is 0 Å². The summed E-state index contributed by atoms with van der Waals surface area (Å²) in [6.07, 6.45) is 1.66. The number of fused-ring (bicyclic) bond motifs is 1. The number of rotatable bonds is 6. The highest BCUT2D eigenvalue weighted by atomic mass is 16.5. The van der Waals surface area contributed by atoms with Crippen LogP contribution in [-0.2, 0) is 16.8 Å². The molecule has 32 heavy (non-hydrogen) atoms. The zero-order valence-corrected chi connectivity index (χ0v) is 19.3. The average molecular weight is 439 g/mol. The largest absolute Gasteiger partial charge is 0.496 e. The molecule has 0 saturated carbocycles. The van der Waals surface area contributed by atoms with E-state index in [1.807, 2.05) is 61.2 Å². The molecule has 2 unspecified atom stereocenters. The Bertz CT molecular complexity index is 976. The number of benzene rings is 2. The molecule has 0 radical (unpaired) electrons. The molecule has 2 aromatic carbocycles. The predicted molar refractivity (Wildman–Crippen MR) is 125 cm³/mol. The first-order valence-corrected chi connectivity index (χ1v) is 11.5. The Morgan fingerprint density at radius 2 is 1.97 bits per heavy atom. The Balaban J connectivity index is 1.46. The Hall–Kier alpha value is -2.41. The fourth-order valence-electron chi connectivity index (χ4n) is 5.05. The van der Waals surface area contributed by atoms with Gasteiger partial charge in [-0.05, 0) is 49.1 Å². The van der Waals surface area contributed by atoms with E-state index in [0.717, 1.165) is 41.8 Å². The number of amides is 1. The van der Waals surface area contributed by atoms with Crippen molar-refractivity contribution in [3.8, 4) is 5.75 Å². The topological polar surface area (TPSA) is 73.2 Å². The summed E-state index contributed by atoms with van der Waals surface area (Å²) >= 11 is 0. The number of carbonyl (C=O) groups is 1. The highest BCUT2D eigenvalue weighted by Crippen LogP contribution is 2.38. The Morgan fingerprint density at radius 3 is 2.72 bits per heavy atom. The van der Waals surface area contributed by atoms with Crippen LogP contribution in [0.1, 0.15) is 49.5 Å². The minimum Gasteiger partial charge on any atom is -0.496 e. The Morgan fingerprint density at radius 1 is 1.19 bits per heavy atom. The number of piperidine rings is 1. The molecule has 4 rings (SSSR count). The first kappa shape index (κ1) is 22.8. The number of β-amino-alcohol motifs (C(OH)–C–C–N with tert-alkyl or cyclic N) is 2. The summed E-state index contributed by atoms with van der Waals surface area (Å²) in [4.78, 5) is 16.4. The van der Waals surface area contributed by atoms with Gasteiger partial charge in [0.1, 0.15) is 11.4 Å². The fourth-order valence-corrected chi connectivity index (χ4v) is 5.05. The molecule has 6 heteroatoms. The fraction of sp³-hybridized carbons (Fsp3) is 0.500. The van der Waals surface area contributed by atoms with Crippen LogP contribution >= 0.6 is 0 Å². The van der Waals surface area contributed by atoms with Gasteiger partial charge in [-0.25, -0.2) is 0 Å². The third kappa shape index (κ3) is 4.40. The van der Waals surface area contributed by atoms with E-state index in [-0.39, 0.29) is 11.8 Å². The van der Waals surface area contributed by atoms with E-state index in [1.165, 1.54) is 0 Å². The minimum absolute atomic E-state index is 0.0349. The molecule has 2 heterocycles. The van der Waals surface area contributed by atoms with Gasteiger partial charge in [-0.15, -0.1) is 0 Å². The maximum atomic E-state index is 12.5. The van der Waals surface area contributed by atoms with Crippen molar-refractivity contribution in [3.63, 3.8) is 0 Å². The number of aliphatic hydroxyl groups is 2. The van der Waals surface area contributed by atoms with Gasteiger partial charge in [0.2, 0.25) is 5.91 Å². The van der Waals surface area contributed by atoms with Crippen molar-refractivity contribution in [2.45, 2.75) is 44.8 Å². The highest BCUT2D eigenvalue weighted by Gasteiger charge is 2.37. The molecule has 0 aromatic heterocycles. The molecular formula is C26H34N2O4. The summed E-state index contributed by atoms with van der Waals surface area (Å²) in [7, 11) is 1.62. The van der Waals surface area contributed by atoms with E-state index in [9.17, 15) is 15.0 Å². The maximum absolute atomic E-state index is 12.5. The van der Waals surface area contributed by atoms with Crippen LogP contribution in [0.15, 0.2) is 42.5 Å². The molecule has 0 aliphatic carbocycles. The first-order valence-electron chi connectivity index (χ1n) is 11.5. The number of anilines is 1. The van der Waals surface area contributed by atoms with Crippen molar-refractivity contribution in [1.29, 1.82) is 0 Å². The number of para-hydroxylation sites is 1. The SMILES string of the molecule is COc1ccccc1C1(O)CCCN(CC(O)c2ccc3c(c2)CCN3C(=O)C(C)C)C1. The molecule has 2 N–H and O–H groups in total. The highest BCUT2D eigenvalue weighted by molar-refractivity contribution is 5.96. The minimum atomic E-state index is -1.000. The molecule has 2 atom stereocenters. The van der Waals surface area contributed by atoms with Crippen LogP contribution < -0.4 is 9.64 Å². The van der Waals surface area contributed by atoms with Crippen molar-refractivity contribution in [2.24, 2.45) is 5.92 Å². The summed E-state index contributed by atoms with van der Waals surface area (Å²) in [5, 5.41) is 22.4. The van der Waals surface area contributed by atoms with Gasteiger partial charge in [0, 0.05) is 36.8 Å². The number of hydrogen-bond acceptors (Lipinski definition) is 5. The number of ether oxygens (including phenoxy) is 1. The van der Waals surface area contributed by atoms with E-state index in [1.54, 1.807) is 7.11 Å². The standard InChI is InChI=1S/C26H34N2O4/c1-18(2)25(30)28-14-11-19-15-20(9-10-22(19)28)23(29)16-27-13-6-12-26(31,17-27)21-7-4-5-8-24(21)32-3/h4-5,7-10,15,18,23,29,31H,6,11-14,16-17H2,1-3H3. The van der Waals surface area contributed by atoms with E-state index in [2.05, 4.69) is 4.90 Å². The lowest BCUT2D eigenvalue weighted by molar-refractivity contribution is -0.121. The molecular weight excluding hydrogens is 404 g/mol. The number of methoxy groups -OCH3 is 1. The van der Waals surface area contributed by atoms with Crippen molar-refractivity contribution in [2.75, 3.05) is 38.2 Å². The molecule has 0 spiro atoms. The summed E-state index contributed by atoms with van der Waals surface area (Å²) in [5.41, 5.74) is 2.73. The van der Waals surface area contributed by atoms with Crippen LogP contribution in [0.25, 0.3) is 0 Å². The second-order valence-electron chi connectivity index (χ2n) is 9.37. The zero-order valence-electron chi connectivity index (χ0n) is 19.3. The molecule has 172 valence electrons. The summed E-state index contributed by atoms with van der Waals surface area (Å²) in [5.74, 6) is 0.796. The third-order valence-electron chi connectivity index (χ3n) is 6.73. The molecule has 1 fully saturated rings. The number of hydrogen-bond donors (Lipinski definition) is 2. The molecule has 0 bridgehead atoms. The summed E-state index contributed by atoms with van der Waals surface area (Å²) in [6.45, 7) is 6.27. The maximum Gasteiger partial charge on any atom is 0.229 e. The summed E-state index contributed by atoms with van der Waals surface area (Å²) in [6, 6.07) is 13.5. The van der Waals surface area contributed by atoms with Crippen molar-refractivity contribution in [1.82, 2.24) is 4.90 Å². The van der Waals surface area contributed by atoms with Crippen LogP contribution in [-0.4, -0.2) is 54.3 Å². The molecule has 6 nitrogen and oxygen atoms in total. The van der Waals surface area contributed by atoms with Crippen LogP contribution in [0, 0.1) is 5.92 Å². The monoisotopic (exact) mass is 438 g/mol. The van der Waals surface area contributed by atoms with Gasteiger partial charge in [0.05, 0.1) is 13.2 Å². The number of nitrogens with zero attached hydrogens (tertiary/aromatic N) is 2. The van der Waals surface area contributed by atoms with Crippen molar-refractivity contribution < 1.29 is 19.7 Å². The average Bonchev–Trinajstić information content (AvgIpc) is 3.21. The lowest BCUT2D eigenvalue weighted by Crippen LogP contribution is -2.47. The number of aliphatic hydroxyl groups excluding tert-OH is 1. The second-order valence-corrected chi connectivity index (χ2v) is 9.37. The van der Waals surface area contributed by atoms with Gasteiger partial charge in [0.15, 0.2) is 0 Å². The van der Waals surface area contributed by atoms with E-state index in [4.69, 9.17) is 4.74 Å².